The highest BCUT2D eigenvalue weighted by Crippen LogP contribution is 2.18. The Kier molecular flexibility index (Phi) is 4.18. The average Bonchev–Trinajstić information content (AvgIpc) is 2.34. The number of anilines is 1. The van der Waals surface area contributed by atoms with Gasteiger partial charge in [0, 0.05) is 16.3 Å². The minimum absolute atomic E-state index is 0.331. The molecule has 0 fully saturated rings. The van der Waals surface area contributed by atoms with E-state index in [2.05, 4.69) is 0 Å². The summed E-state index contributed by atoms with van der Waals surface area (Å²) in [5, 5.41) is 0.671. The molecule has 0 atom stereocenters. The molecule has 0 aliphatic rings. The van der Waals surface area contributed by atoms with Crippen LogP contribution in [0.3, 0.4) is 0 Å². The Hall–Kier alpha value is -1.58. The molecule has 2 N–H and O–H groups in total. The zero-order valence-corrected chi connectivity index (χ0v) is 10.5. The molecule has 0 amide bonds. The van der Waals surface area contributed by atoms with E-state index in [4.69, 9.17) is 22.1 Å². The van der Waals surface area contributed by atoms with E-state index in [0.29, 0.717) is 23.9 Å². The van der Waals surface area contributed by atoms with Crippen LogP contribution in [0, 0.1) is 5.82 Å². The van der Waals surface area contributed by atoms with E-state index in [9.17, 15) is 4.39 Å². The molecule has 0 heterocycles. The van der Waals surface area contributed by atoms with Gasteiger partial charge in [-0.25, -0.2) is 4.39 Å². The Morgan fingerprint density at radius 3 is 2.50 bits per heavy atom. The molecular formula is C14H13ClFNO. The van der Waals surface area contributed by atoms with E-state index in [1.54, 1.807) is 6.07 Å². The Labute approximate surface area is 110 Å². The number of rotatable bonds is 4. The smallest absolute Gasteiger partial charge is 0.125 e. The molecule has 2 rings (SSSR count). The van der Waals surface area contributed by atoms with Crippen LogP contribution in [-0.4, -0.2) is 0 Å². The SMILES string of the molecule is Nc1cc(F)ccc1COCc1ccccc1Cl. The maximum Gasteiger partial charge on any atom is 0.125 e. The van der Waals surface area contributed by atoms with E-state index in [-0.39, 0.29) is 5.82 Å². The van der Waals surface area contributed by atoms with Gasteiger partial charge < -0.3 is 10.5 Å². The first-order chi connectivity index (χ1) is 8.66. The molecule has 0 spiro atoms. The number of halogens is 2. The van der Waals surface area contributed by atoms with Crippen molar-refractivity contribution in [2.45, 2.75) is 13.2 Å². The lowest BCUT2D eigenvalue weighted by Crippen LogP contribution is -1.99. The van der Waals surface area contributed by atoms with Gasteiger partial charge in [-0.15, -0.1) is 0 Å². The third-order valence-electron chi connectivity index (χ3n) is 2.58. The van der Waals surface area contributed by atoms with Crippen LogP contribution in [0.15, 0.2) is 42.5 Å². The van der Waals surface area contributed by atoms with Crippen molar-refractivity contribution in [3.05, 3.63) is 64.4 Å². The first kappa shape index (κ1) is 12.9. The molecular weight excluding hydrogens is 253 g/mol. The van der Waals surface area contributed by atoms with Gasteiger partial charge in [-0.1, -0.05) is 35.9 Å². The zero-order chi connectivity index (χ0) is 13.0. The zero-order valence-electron chi connectivity index (χ0n) is 9.70. The summed E-state index contributed by atoms with van der Waals surface area (Å²) in [5.41, 5.74) is 7.77. The number of nitrogens with two attached hydrogens (primary N) is 1. The van der Waals surface area contributed by atoms with Gasteiger partial charge in [0.1, 0.15) is 5.82 Å². The molecule has 0 saturated heterocycles. The normalized spacial score (nSPS) is 10.6. The number of hydrogen-bond donors (Lipinski definition) is 1. The molecule has 0 bridgehead atoms. The number of benzene rings is 2. The van der Waals surface area contributed by atoms with Crippen LogP contribution in [0.2, 0.25) is 5.02 Å². The minimum Gasteiger partial charge on any atom is -0.398 e. The predicted molar refractivity (Wildman–Crippen MR) is 70.8 cm³/mol. The molecule has 0 radical (unpaired) electrons. The van der Waals surface area contributed by atoms with Crippen molar-refractivity contribution < 1.29 is 9.13 Å². The fourth-order valence-corrected chi connectivity index (χ4v) is 1.77. The molecule has 18 heavy (non-hydrogen) atoms. The quantitative estimate of drug-likeness (QED) is 0.854. The third-order valence-corrected chi connectivity index (χ3v) is 2.95. The van der Waals surface area contributed by atoms with E-state index >= 15 is 0 Å². The van der Waals surface area contributed by atoms with E-state index in [1.165, 1.54) is 12.1 Å². The molecule has 0 unspecified atom stereocenters. The van der Waals surface area contributed by atoms with Crippen LogP contribution in [0.5, 0.6) is 0 Å². The van der Waals surface area contributed by atoms with Gasteiger partial charge >= 0.3 is 0 Å². The summed E-state index contributed by atoms with van der Waals surface area (Å²) in [6.45, 7) is 0.730. The highest BCUT2D eigenvalue weighted by Gasteiger charge is 2.03. The Bertz CT molecular complexity index is 545. The van der Waals surface area contributed by atoms with Gasteiger partial charge in [0.25, 0.3) is 0 Å². The fourth-order valence-electron chi connectivity index (χ4n) is 1.58. The lowest BCUT2D eigenvalue weighted by atomic mass is 10.2. The highest BCUT2D eigenvalue weighted by atomic mass is 35.5. The van der Waals surface area contributed by atoms with E-state index in [0.717, 1.165) is 11.1 Å². The van der Waals surface area contributed by atoms with Crippen molar-refractivity contribution in [1.29, 1.82) is 0 Å². The summed E-state index contributed by atoms with van der Waals surface area (Å²) in [6.07, 6.45) is 0. The molecule has 4 heteroatoms. The van der Waals surface area contributed by atoms with Crippen molar-refractivity contribution in [2.24, 2.45) is 0 Å². The van der Waals surface area contributed by atoms with Crippen LogP contribution < -0.4 is 5.73 Å². The lowest BCUT2D eigenvalue weighted by molar-refractivity contribution is 0.107. The Morgan fingerprint density at radius 2 is 1.78 bits per heavy atom. The van der Waals surface area contributed by atoms with Crippen LogP contribution in [-0.2, 0) is 18.0 Å². The second-order valence-electron chi connectivity index (χ2n) is 3.93. The van der Waals surface area contributed by atoms with Gasteiger partial charge in [-0.05, 0) is 23.8 Å². The lowest BCUT2D eigenvalue weighted by Gasteiger charge is -2.08. The van der Waals surface area contributed by atoms with Gasteiger partial charge in [0.05, 0.1) is 13.2 Å². The summed E-state index contributed by atoms with van der Waals surface area (Å²) in [7, 11) is 0. The van der Waals surface area contributed by atoms with Crippen LogP contribution in [0.4, 0.5) is 10.1 Å². The Balaban J connectivity index is 1.95. The highest BCUT2D eigenvalue weighted by molar-refractivity contribution is 6.31. The third kappa shape index (κ3) is 3.22. The van der Waals surface area contributed by atoms with Gasteiger partial charge in [0.2, 0.25) is 0 Å². The maximum absolute atomic E-state index is 12.8. The fraction of sp³-hybridized carbons (Fsp3) is 0.143. The molecule has 0 aliphatic heterocycles. The largest absolute Gasteiger partial charge is 0.398 e. The van der Waals surface area contributed by atoms with Crippen molar-refractivity contribution in [3.8, 4) is 0 Å². The molecule has 0 aliphatic carbocycles. The minimum atomic E-state index is -0.345. The summed E-state index contributed by atoms with van der Waals surface area (Å²) >= 11 is 6.00. The second-order valence-corrected chi connectivity index (χ2v) is 4.33. The summed E-state index contributed by atoms with van der Waals surface area (Å²) < 4.78 is 18.4. The van der Waals surface area contributed by atoms with Crippen molar-refractivity contribution in [2.75, 3.05) is 5.73 Å². The molecule has 2 nitrogen and oxygen atoms in total. The Morgan fingerprint density at radius 1 is 1.06 bits per heavy atom. The average molecular weight is 266 g/mol. The monoisotopic (exact) mass is 265 g/mol. The van der Waals surface area contributed by atoms with Crippen molar-refractivity contribution in [3.63, 3.8) is 0 Å². The standard InChI is InChI=1S/C14H13ClFNO/c15-13-4-2-1-3-10(13)8-18-9-11-5-6-12(16)7-14(11)17/h1-7H,8-9,17H2. The van der Waals surface area contributed by atoms with Crippen LogP contribution in [0.25, 0.3) is 0 Å². The summed E-state index contributed by atoms with van der Waals surface area (Å²) in [6, 6.07) is 11.7. The van der Waals surface area contributed by atoms with Gasteiger partial charge in [0.15, 0.2) is 0 Å². The van der Waals surface area contributed by atoms with Gasteiger partial charge in [-0.2, -0.15) is 0 Å². The van der Waals surface area contributed by atoms with Crippen molar-refractivity contribution in [1.82, 2.24) is 0 Å². The number of nitrogen functional groups attached to an aromatic ring is 1. The summed E-state index contributed by atoms with van der Waals surface area (Å²) in [4.78, 5) is 0. The molecule has 2 aromatic carbocycles. The summed E-state index contributed by atoms with van der Waals surface area (Å²) in [5.74, 6) is -0.345. The van der Waals surface area contributed by atoms with Gasteiger partial charge in [-0.3, -0.25) is 0 Å². The van der Waals surface area contributed by atoms with Crippen LogP contribution >= 0.6 is 11.6 Å². The van der Waals surface area contributed by atoms with Crippen LogP contribution in [0.1, 0.15) is 11.1 Å². The molecule has 0 saturated carbocycles. The van der Waals surface area contributed by atoms with Crippen molar-refractivity contribution >= 4 is 17.3 Å². The number of ether oxygens (including phenoxy) is 1. The van der Waals surface area contributed by atoms with E-state index < -0.39 is 0 Å². The number of hydrogen-bond acceptors (Lipinski definition) is 2. The molecule has 2 aromatic rings. The second kappa shape index (κ2) is 5.85. The first-order valence-electron chi connectivity index (χ1n) is 5.52. The molecule has 94 valence electrons. The molecule has 0 aromatic heterocycles. The predicted octanol–water partition coefficient (Wildman–Crippen LogP) is 3.78. The topological polar surface area (TPSA) is 35.2 Å². The maximum atomic E-state index is 12.8. The first-order valence-corrected chi connectivity index (χ1v) is 5.89. The van der Waals surface area contributed by atoms with E-state index in [1.807, 2.05) is 24.3 Å².